The summed E-state index contributed by atoms with van der Waals surface area (Å²) in [7, 11) is -3.40. The van der Waals surface area contributed by atoms with Gasteiger partial charge in [0.1, 0.15) is 5.82 Å². The summed E-state index contributed by atoms with van der Waals surface area (Å²) < 4.78 is 37.8. The highest BCUT2D eigenvalue weighted by molar-refractivity contribution is 7.91. The molecule has 0 saturated heterocycles. The number of hydrogen-bond acceptors (Lipinski definition) is 3. The van der Waals surface area contributed by atoms with Crippen LogP contribution in [0, 0.1) is 11.7 Å². The van der Waals surface area contributed by atoms with Crippen molar-refractivity contribution >= 4 is 21.4 Å². The van der Waals surface area contributed by atoms with Crippen LogP contribution in [0.1, 0.15) is 32.6 Å². The van der Waals surface area contributed by atoms with Crippen LogP contribution in [0.15, 0.2) is 23.1 Å². The Kier molecular flexibility index (Phi) is 5.63. The van der Waals surface area contributed by atoms with Gasteiger partial charge in [0.05, 0.1) is 15.7 Å². The van der Waals surface area contributed by atoms with Crippen molar-refractivity contribution in [2.75, 3.05) is 12.3 Å². The summed E-state index contributed by atoms with van der Waals surface area (Å²) in [6.07, 6.45) is 3.96. The molecule has 0 aliphatic heterocycles. The Labute approximate surface area is 130 Å². The Bertz CT molecular complexity index is 591. The first-order valence-electron chi connectivity index (χ1n) is 7.35. The third-order valence-corrected chi connectivity index (χ3v) is 6.17. The quantitative estimate of drug-likeness (QED) is 0.811. The summed E-state index contributed by atoms with van der Waals surface area (Å²) in [5.74, 6) is -0.115. The summed E-state index contributed by atoms with van der Waals surface area (Å²) in [5.41, 5.74) is 0. The fraction of sp³-hybridized carbons (Fsp3) is 0.600. The average Bonchev–Trinajstić information content (AvgIpc) is 2.87. The topological polar surface area (TPSA) is 46.2 Å². The van der Waals surface area contributed by atoms with Crippen molar-refractivity contribution in [1.82, 2.24) is 5.32 Å². The van der Waals surface area contributed by atoms with E-state index in [0.29, 0.717) is 18.4 Å². The molecule has 0 bridgehead atoms. The van der Waals surface area contributed by atoms with Crippen molar-refractivity contribution in [3.05, 3.63) is 29.0 Å². The van der Waals surface area contributed by atoms with Gasteiger partial charge in [-0.2, -0.15) is 0 Å². The van der Waals surface area contributed by atoms with Gasteiger partial charge in [0.25, 0.3) is 0 Å². The molecule has 3 nitrogen and oxygen atoms in total. The van der Waals surface area contributed by atoms with Crippen molar-refractivity contribution in [3.8, 4) is 0 Å². The van der Waals surface area contributed by atoms with Gasteiger partial charge in [0.15, 0.2) is 9.84 Å². The largest absolute Gasteiger partial charge is 0.314 e. The van der Waals surface area contributed by atoms with E-state index in [1.807, 2.05) is 0 Å². The number of nitrogens with one attached hydrogen (secondary N) is 1. The van der Waals surface area contributed by atoms with Crippen molar-refractivity contribution in [2.24, 2.45) is 5.92 Å². The highest BCUT2D eigenvalue weighted by atomic mass is 35.5. The smallest absolute Gasteiger partial charge is 0.178 e. The Morgan fingerprint density at radius 1 is 1.38 bits per heavy atom. The van der Waals surface area contributed by atoms with Gasteiger partial charge in [-0.05, 0) is 49.9 Å². The lowest BCUT2D eigenvalue weighted by Gasteiger charge is -2.20. The lowest BCUT2D eigenvalue weighted by Crippen LogP contribution is -2.33. The molecule has 2 atom stereocenters. The van der Waals surface area contributed by atoms with E-state index in [4.69, 9.17) is 11.6 Å². The average molecular weight is 334 g/mol. The molecule has 1 N–H and O–H groups in total. The minimum atomic E-state index is -3.40. The zero-order chi connectivity index (χ0) is 15.5. The standard InChI is InChI=1S/C15H21ClFNO2S/c1-2-18-15-5-3-4-11(15)8-9-21(19,20)12-6-7-14(17)13(16)10-12/h6-7,10-11,15,18H,2-5,8-9H2,1H3. The van der Waals surface area contributed by atoms with Crippen LogP contribution < -0.4 is 5.32 Å². The van der Waals surface area contributed by atoms with E-state index in [-0.39, 0.29) is 15.7 Å². The predicted octanol–water partition coefficient (Wildman–Crippen LogP) is 3.42. The van der Waals surface area contributed by atoms with Gasteiger partial charge in [-0.3, -0.25) is 0 Å². The van der Waals surface area contributed by atoms with Gasteiger partial charge >= 0.3 is 0 Å². The first-order valence-corrected chi connectivity index (χ1v) is 9.38. The molecule has 1 saturated carbocycles. The van der Waals surface area contributed by atoms with Crippen molar-refractivity contribution in [1.29, 1.82) is 0 Å². The second-order valence-electron chi connectivity index (χ2n) is 5.54. The van der Waals surface area contributed by atoms with Crippen LogP contribution in [-0.2, 0) is 9.84 Å². The van der Waals surface area contributed by atoms with Crippen molar-refractivity contribution < 1.29 is 12.8 Å². The summed E-state index contributed by atoms with van der Waals surface area (Å²) in [6.45, 7) is 2.97. The molecular weight excluding hydrogens is 313 g/mol. The Morgan fingerprint density at radius 2 is 2.14 bits per heavy atom. The molecule has 1 aromatic rings. The lowest BCUT2D eigenvalue weighted by molar-refractivity contribution is 0.398. The van der Waals surface area contributed by atoms with E-state index in [2.05, 4.69) is 12.2 Å². The van der Waals surface area contributed by atoms with Gasteiger partial charge in [0.2, 0.25) is 0 Å². The zero-order valence-electron chi connectivity index (χ0n) is 12.1. The predicted molar refractivity (Wildman–Crippen MR) is 82.9 cm³/mol. The van der Waals surface area contributed by atoms with Crippen LogP contribution in [0.4, 0.5) is 4.39 Å². The number of rotatable bonds is 6. The zero-order valence-corrected chi connectivity index (χ0v) is 13.7. The van der Waals surface area contributed by atoms with Crippen LogP contribution in [0.2, 0.25) is 5.02 Å². The maximum atomic E-state index is 13.1. The molecule has 0 heterocycles. The molecule has 0 aromatic heterocycles. The summed E-state index contributed by atoms with van der Waals surface area (Å²) >= 11 is 5.66. The molecule has 2 rings (SSSR count). The number of sulfone groups is 1. The Hall–Kier alpha value is -0.650. The first kappa shape index (κ1) is 16.7. The molecule has 21 heavy (non-hydrogen) atoms. The lowest BCUT2D eigenvalue weighted by atomic mass is 10.0. The maximum absolute atomic E-state index is 13.1. The number of hydrogen-bond donors (Lipinski definition) is 1. The van der Waals surface area contributed by atoms with Gasteiger partial charge in [-0.25, -0.2) is 12.8 Å². The summed E-state index contributed by atoms with van der Waals surface area (Å²) in [6, 6.07) is 4.00. The summed E-state index contributed by atoms with van der Waals surface area (Å²) in [4.78, 5) is 0.104. The molecule has 2 unspecified atom stereocenters. The van der Waals surface area contributed by atoms with E-state index >= 15 is 0 Å². The fourth-order valence-corrected chi connectivity index (χ4v) is 4.67. The number of benzene rings is 1. The third-order valence-electron chi connectivity index (χ3n) is 4.13. The highest BCUT2D eigenvalue weighted by Gasteiger charge is 2.28. The molecular formula is C15H21ClFNO2S. The summed E-state index contributed by atoms with van der Waals surface area (Å²) in [5, 5.41) is 3.27. The molecule has 0 radical (unpaired) electrons. The molecule has 1 aliphatic carbocycles. The molecule has 1 aromatic carbocycles. The number of halogens is 2. The van der Waals surface area contributed by atoms with Crippen molar-refractivity contribution in [3.63, 3.8) is 0 Å². The van der Waals surface area contributed by atoms with Gasteiger partial charge in [-0.15, -0.1) is 0 Å². The SMILES string of the molecule is CCNC1CCCC1CCS(=O)(=O)c1ccc(F)c(Cl)c1. The van der Waals surface area contributed by atoms with Gasteiger partial charge < -0.3 is 5.32 Å². The van der Waals surface area contributed by atoms with Crippen LogP contribution in [0.5, 0.6) is 0 Å². The molecule has 1 fully saturated rings. The van der Waals surface area contributed by atoms with Crippen LogP contribution in [0.25, 0.3) is 0 Å². The van der Waals surface area contributed by atoms with E-state index < -0.39 is 15.7 Å². The molecule has 118 valence electrons. The second kappa shape index (κ2) is 7.07. The van der Waals surface area contributed by atoms with Crippen molar-refractivity contribution in [2.45, 2.75) is 43.5 Å². The minimum Gasteiger partial charge on any atom is -0.314 e. The normalized spacial score (nSPS) is 22.6. The molecule has 6 heteroatoms. The maximum Gasteiger partial charge on any atom is 0.178 e. The van der Waals surface area contributed by atoms with Crippen LogP contribution in [0.3, 0.4) is 0 Å². The highest BCUT2D eigenvalue weighted by Crippen LogP contribution is 2.30. The van der Waals surface area contributed by atoms with Crippen LogP contribution >= 0.6 is 11.6 Å². The van der Waals surface area contributed by atoms with Gasteiger partial charge in [0, 0.05) is 6.04 Å². The molecule has 1 aliphatic rings. The monoisotopic (exact) mass is 333 g/mol. The Balaban J connectivity index is 2.02. The van der Waals surface area contributed by atoms with Crippen LogP contribution in [-0.4, -0.2) is 26.8 Å². The van der Waals surface area contributed by atoms with E-state index in [9.17, 15) is 12.8 Å². The fourth-order valence-electron chi connectivity index (χ4n) is 3.01. The van der Waals surface area contributed by atoms with E-state index in [1.54, 1.807) is 0 Å². The van der Waals surface area contributed by atoms with Gasteiger partial charge in [-0.1, -0.05) is 24.9 Å². The first-order chi connectivity index (χ1) is 9.94. The third kappa shape index (κ3) is 4.18. The molecule has 0 spiro atoms. The second-order valence-corrected chi connectivity index (χ2v) is 8.05. The van der Waals surface area contributed by atoms with E-state index in [1.165, 1.54) is 12.1 Å². The van der Waals surface area contributed by atoms with E-state index in [0.717, 1.165) is 31.9 Å². The molecule has 0 amide bonds. The Morgan fingerprint density at radius 3 is 2.81 bits per heavy atom. The minimum absolute atomic E-state index is 0.0848.